The number of benzene rings is 3. The van der Waals surface area contributed by atoms with Crippen molar-refractivity contribution in [1.29, 1.82) is 0 Å². The smallest absolute Gasteiger partial charge is 0.403 e. The number of carbonyl (C=O) groups is 2. The van der Waals surface area contributed by atoms with Crippen molar-refractivity contribution >= 4 is 28.4 Å². The second kappa shape index (κ2) is 9.58. The molecule has 0 spiro atoms. The molecule has 3 aromatic carbocycles. The summed E-state index contributed by atoms with van der Waals surface area (Å²) in [7, 11) is 2.26. The van der Waals surface area contributed by atoms with E-state index in [1.807, 2.05) is 85.8 Å². The van der Waals surface area contributed by atoms with Crippen LogP contribution in [-0.4, -0.2) is 26.2 Å². The molecule has 0 N–H and O–H groups in total. The van der Waals surface area contributed by atoms with Gasteiger partial charge >= 0.3 is 11.9 Å². The molecule has 0 aliphatic carbocycles. The maximum atomic E-state index is 13.1. The SMILES string of the molecule is COC(=O)/C([O-])=C(\C(=O)OC)[n+]1cc2ccccc2c(-c2ccc(C)cc2)c1-c1ccccc1. The first-order valence-electron chi connectivity index (χ1n) is 10.6. The monoisotopic (exact) mass is 453 g/mol. The first kappa shape index (κ1) is 22.7. The van der Waals surface area contributed by atoms with Gasteiger partial charge in [0.1, 0.15) is 0 Å². The molecule has 0 saturated heterocycles. The van der Waals surface area contributed by atoms with Crippen LogP contribution in [0.15, 0.2) is 90.8 Å². The van der Waals surface area contributed by atoms with Gasteiger partial charge in [-0.1, -0.05) is 66.2 Å². The van der Waals surface area contributed by atoms with Gasteiger partial charge in [-0.2, -0.15) is 4.57 Å². The van der Waals surface area contributed by atoms with Gasteiger partial charge < -0.3 is 14.6 Å². The van der Waals surface area contributed by atoms with Gasteiger partial charge in [0.15, 0.2) is 6.20 Å². The molecular weight excluding hydrogens is 430 g/mol. The van der Waals surface area contributed by atoms with Gasteiger partial charge in [0, 0.05) is 16.3 Å². The number of fused-ring (bicyclic) bond motifs is 1. The third-order valence-corrected chi connectivity index (χ3v) is 5.57. The molecule has 6 heteroatoms. The Morgan fingerprint density at radius 2 is 1.38 bits per heavy atom. The Hall–Kier alpha value is -4.45. The van der Waals surface area contributed by atoms with Crippen molar-refractivity contribution in [2.24, 2.45) is 0 Å². The molecule has 34 heavy (non-hydrogen) atoms. The molecule has 0 aliphatic rings. The van der Waals surface area contributed by atoms with E-state index in [4.69, 9.17) is 4.74 Å². The molecule has 0 radical (unpaired) electrons. The second-order valence-electron chi connectivity index (χ2n) is 7.70. The van der Waals surface area contributed by atoms with Crippen LogP contribution in [-0.2, 0) is 19.1 Å². The minimum Gasteiger partial charge on any atom is -0.863 e. The van der Waals surface area contributed by atoms with Gasteiger partial charge in [-0.25, -0.2) is 9.59 Å². The number of nitrogens with zero attached hydrogens (tertiary/aromatic N) is 1. The average Bonchev–Trinajstić information content (AvgIpc) is 2.88. The largest absolute Gasteiger partial charge is 0.863 e. The number of hydrogen-bond acceptors (Lipinski definition) is 5. The minimum absolute atomic E-state index is 0.452. The standard InChI is InChI=1S/C28H23NO5/c1-18-13-15-19(16-14-18)23-22-12-8-7-11-21(22)17-29(24(23)20-9-5-4-6-10-20)25(27(31)33-2)26(30)28(32)34-3/h4-17H,1-3H3. The number of methoxy groups -OCH3 is 2. The predicted molar refractivity (Wildman–Crippen MR) is 127 cm³/mol. The normalized spacial score (nSPS) is 11.6. The summed E-state index contributed by atoms with van der Waals surface area (Å²) < 4.78 is 11.0. The van der Waals surface area contributed by atoms with Gasteiger partial charge in [-0.3, -0.25) is 0 Å². The summed E-state index contributed by atoms with van der Waals surface area (Å²) in [6.45, 7) is 2.00. The summed E-state index contributed by atoms with van der Waals surface area (Å²) in [5.74, 6) is -3.19. The number of esters is 2. The van der Waals surface area contributed by atoms with Crippen LogP contribution in [0.1, 0.15) is 5.56 Å². The molecule has 0 atom stereocenters. The van der Waals surface area contributed by atoms with E-state index in [-0.39, 0.29) is 0 Å². The zero-order chi connectivity index (χ0) is 24.2. The van der Waals surface area contributed by atoms with Gasteiger partial charge in [0.25, 0.3) is 5.70 Å². The van der Waals surface area contributed by atoms with Crippen molar-refractivity contribution in [2.45, 2.75) is 6.92 Å². The molecule has 0 unspecified atom stereocenters. The van der Waals surface area contributed by atoms with Crippen molar-refractivity contribution in [2.75, 3.05) is 14.2 Å². The molecule has 0 amide bonds. The Labute approximate surface area is 197 Å². The van der Waals surface area contributed by atoms with Crippen LogP contribution in [0.5, 0.6) is 0 Å². The molecule has 0 bridgehead atoms. The Balaban J connectivity index is 2.24. The number of carbonyl (C=O) groups excluding carboxylic acids is 2. The van der Waals surface area contributed by atoms with E-state index in [0.717, 1.165) is 47.2 Å². The fourth-order valence-corrected chi connectivity index (χ4v) is 3.94. The average molecular weight is 453 g/mol. The molecule has 6 nitrogen and oxygen atoms in total. The van der Waals surface area contributed by atoms with E-state index >= 15 is 0 Å². The number of aryl methyl sites for hydroxylation is 1. The zero-order valence-electron chi connectivity index (χ0n) is 19.1. The molecule has 1 aromatic heterocycles. The molecular formula is C28H23NO5. The topological polar surface area (TPSA) is 79.5 Å². The highest BCUT2D eigenvalue weighted by atomic mass is 16.5. The minimum atomic E-state index is -1.16. The number of pyridine rings is 1. The van der Waals surface area contributed by atoms with Crippen molar-refractivity contribution in [3.8, 4) is 22.4 Å². The summed E-state index contributed by atoms with van der Waals surface area (Å²) >= 11 is 0. The zero-order valence-corrected chi connectivity index (χ0v) is 19.1. The van der Waals surface area contributed by atoms with Gasteiger partial charge in [-0.05, 0) is 30.7 Å². The van der Waals surface area contributed by atoms with Crippen molar-refractivity contribution in [3.63, 3.8) is 0 Å². The van der Waals surface area contributed by atoms with E-state index in [1.54, 1.807) is 6.20 Å². The maximum Gasteiger partial charge on any atom is 0.403 e. The van der Waals surface area contributed by atoms with Crippen molar-refractivity contribution in [3.05, 3.63) is 96.4 Å². The third-order valence-electron chi connectivity index (χ3n) is 5.57. The molecule has 4 rings (SSSR count). The second-order valence-corrected chi connectivity index (χ2v) is 7.70. The lowest BCUT2D eigenvalue weighted by Crippen LogP contribution is -2.43. The van der Waals surface area contributed by atoms with E-state index in [2.05, 4.69) is 4.74 Å². The maximum absolute atomic E-state index is 13.1. The fourth-order valence-electron chi connectivity index (χ4n) is 3.94. The summed E-state index contributed by atoms with van der Waals surface area (Å²) in [4.78, 5) is 25.1. The highest BCUT2D eigenvalue weighted by Gasteiger charge is 2.33. The van der Waals surface area contributed by atoms with Crippen LogP contribution in [0.25, 0.3) is 38.9 Å². The summed E-state index contributed by atoms with van der Waals surface area (Å²) in [5, 5.41) is 14.8. The number of rotatable bonds is 5. The Morgan fingerprint density at radius 1 is 0.765 bits per heavy atom. The van der Waals surface area contributed by atoms with Gasteiger partial charge in [-0.15, -0.1) is 0 Å². The van der Waals surface area contributed by atoms with E-state index < -0.39 is 23.4 Å². The number of hydrogen-bond donors (Lipinski definition) is 0. The third kappa shape index (κ3) is 4.13. The summed E-state index contributed by atoms with van der Waals surface area (Å²) in [6.07, 6.45) is 1.67. The molecule has 170 valence electrons. The Kier molecular flexibility index (Phi) is 6.41. The van der Waals surface area contributed by atoms with Crippen molar-refractivity contribution in [1.82, 2.24) is 0 Å². The number of aromatic nitrogens is 1. The lowest BCUT2D eigenvalue weighted by atomic mass is 9.93. The van der Waals surface area contributed by atoms with Crippen LogP contribution in [0.2, 0.25) is 0 Å². The quantitative estimate of drug-likeness (QED) is 0.200. The fraction of sp³-hybridized carbons (Fsp3) is 0.107. The van der Waals surface area contributed by atoms with E-state index in [0.29, 0.717) is 5.69 Å². The summed E-state index contributed by atoms with van der Waals surface area (Å²) in [5.41, 5.74) is 3.67. The van der Waals surface area contributed by atoms with Crippen LogP contribution in [0, 0.1) is 6.92 Å². The Bertz CT molecular complexity index is 1410. The first-order chi connectivity index (χ1) is 16.5. The van der Waals surface area contributed by atoms with Crippen LogP contribution >= 0.6 is 0 Å². The molecule has 4 aromatic rings. The molecule has 1 heterocycles. The predicted octanol–water partition coefficient (Wildman–Crippen LogP) is 3.64. The molecule has 0 saturated carbocycles. The Morgan fingerprint density at radius 3 is 2.03 bits per heavy atom. The number of ether oxygens (including phenoxy) is 2. The molecule has 0 aliphatic heterocycles. The van der Waals surface area contributed by atoms with E-state index in [9.17, 15) is 14.7 Å². The van der Waals surface area contributed by atoms with Crippen molar-refractivity contribution < 1.29 is 28.7 Å². The van der Waals surface area contributed by atoms with Crippen LogP contribution < -0.4 is 9.67 Å². The lowest BCUT2D eigenvalue weighted by molar-refractivity contribution is -0.569. The molecule has 0 fully saturated rings. The first-order valence-corrected chi connectivity index (χ1v) is 10.6. The van der Waals surface area contributed by atoms with Crippen LogP contribution in [0.4, 0.5) is 0 Å². The van der Waals surface area contributed by atoms with Crippen LogP contribution in [0.3, 0.4) is 0 Å². The van der Waals surface area contributed by atoms with Gasteiger partial charge in [0.2, 0.25) is 5.69 Å². The highest BCUT2D eigenvalue weighted by Crippen LogP contribution is 2.36. The van der Waals surface area contributed by atoms with E-state index in [1.165, 1.54) is 4.57 Å². The summed E-state index contributed by atoms with van der Waals surface area (Å²) in [6, 6.07) is 25.1. The lowest BCUT2D eigenvalue weighted by Gasteiger charge is -2.17. The van der Waals surface area contributed by atoms with Gasteiger partial charge in [0.05, 0.1) is 25.5 Å². The highest BCUT2D eigenvalue weighted by molar-refractivity contribution is 6.13.